The molecule has 0 fully saturated rings. The zero-order valence-corrected chi connectivity index (χ0v) is 11.0. The van der Waals surface area contributed by atoms with Crippen molar-refractivity contribution in [2.24, 2.45) is 0 Å². The molecule has 0 saturated carbocycles. The molecule has 0 aliphatic rings. The van der Waals surface area contributed by atoms with E-state index in [-0.39, 0.29) is 5.82 Å². The monoisotopic (exact) mass is 370 g/mol. The summed E-state index contributed by atoms with van der Waals surface area (Å²) in [4.78, 5) is 0. The van der Waals surface area contributed by atoms with Gasteiger partial charge in [0.15, 0.2) is 0 Å². The van der Waals surface area contributed by atoms with E-state index in [0.29, 0.717) is 0 Å². The summed E-state index contributed by atoms with van der Waals surface area (Å²) >= 11 is 7.18. The van der Waals surface area contributed by atoms with Gasteiger partial charge in [-0.15, -0.1) is 11.3 Å². The molecule has 4 heteroatoms. The van der Waals surface area contributed by atoms with Gasteiger partial charge in [-0.3, -0.25) is 0 Å². The average molecular weight is 371 g/mol. The molecule has 0 unspecified atom stereocenters. The van der Waals surface area contributed by atoms with Crippen LogP contribution in [-0.2, 0) is 5.33 Å². The molecule has 68 valence electrons. The third kappa shape index (κ3) is 1.64. The zero-order chi connectivity index (χ0) is 9.42. The second-order valence-corrected chi connectivity index (χ2v) is 5.25. The van der Waals surface area contributed by atoms with Crippen LogP contribution in [0, 0.1) is 9.39 Å². The number of hydrogen-bond acceptors (Lipinski definition) is 1. The molecular weight excluding hydrogens is 366 g/mol. The third-order valence-electron chi connectivity index (χ3n) is 1.87. The molecule has 0 aliphatic carbocycles. The Hall–Kier alpha value is 0.320. The molecule has 13 heavy (non-hydrogen) atoms. The number of rotatable bonds is 1. The molecule has 1 heterocycles. The SMILES string of the molecule is Fc1cc(I)c(CBr)c2sccc12. The molecule has 0 aliphatic heterocycles. The van der Waals surface area contributed by atoms with Crippen molar-refractivity contribution >= 4 is 59.9 Å². The van der Waals surface area contributed by atoms with Gasteiger partial charge in [0, 0.05) is 19.0 Å². The highest BCUT2D eigenvalue weighted by Gasteiger charge is 2.10. The second-order valence-electron chi connectivity index (χ2n) is 2.62. The molecule has 0 atom stereocenters. The predicted octanol–water partition coefficient (Wildman–Crippen LogP) is 4.54. The van der Waals surface area contributed by atoms with Crippen molar-refractivity contribution in [2.45, 2.75) is 5.33 Å². The molecule has 0 bridgehead atoms. The second kappa shape index (κ2) is 3.82. The molecule has 1 aromatic heterocycles. The molecular formula is C9H5BrFIS. The first-order valence-electron chi connectivity index (χ1n) is 3.64. The molecule has 0 radical (unpaired) electrons. The minimum atomic E-state index is -0.120. The van der Waals surface area contributed by atoms with Gasteiger partial charge in [-0.25, -0.2) is 4.39 Å². The summed E-state index contributed by atoms with van der Waals surface area (Å²) in [7, 11) is 0. The Morgan fingerprint density at radius 2 is 2.31 bits per heavy atom. The largest absolute Gasteiger partial charge is 0.206 e. The van der Waals surface area contributed by atoms with E-state index < -0.39 is 0 Å². The van der Waals surface area contributed by atoms with Gasteiger partial charge in [-0.1, -0.05) is 15.9 Å². The molecule has 2 aromatic rings. The summed E-state index contributed by atoms with van der Waals surface area (Å²) in [6.07, 6.45) is 0. The summed E-state index contributed by atoms with van der Waals surface area (Å²) in [5, 5.41) is 3.44. The van der Waals surface area contributed by atoms with Gasteiger partial charge >= 0.3 is 0 Å². The smallest absolute Gasteiger partial charge is 0.132 e. The predicted molar refractivity (Wildman–Crippen MR) is 67.1 cm³/mol. The van der Waals surface area contributed by atoms with Crippen molar-refractivity contribution in [3.05, 3.63) is 32.5 Å². The quantitative estimate of drug-likeness (QED) is 0.510. The summed E-state index contributed by atoms with van der Waals surface area (Å²) in [6.45, 7) is 0. The minimum Gasteiger partial charge on any atom is -0.206 e. The van der Waals surface area contributed by atoms with E-state index in [2.05, 4.69) is 38.5 Å². The van der Waals surface area contributed by atoms with E-state index >= 15 is 0 Å². The lowest BCUT2D eigenvalue weighted by atomic mass is 10.2. The van der Waals surface area contributed by atoms with Crippen LogP contribution < -0.4 is 0 Å². The standard InChI is InChI=1S/C9H5BrFIS/c10-4-6-8(12)3-7(11)5-1-2-13-9(5)6/h1-3H,4H2. The molecule has 2 rings (SSSR count). The Labute approximate surface area is 101 Å². The van der Waals surface area contributed by atoms with Crippen LogP contribution in [0.5, 0.6) is 0 Å². The van der Waals surface area contributed by atoms with E-state index in [1.165, 1.54) is 5.56 Å². The number of alkyl halides is 1. The van der Waals surface area contributed by atoms with Crippen LogP contribution in [0.2, 0.25) is 0 Å². The lowest BCUT2D eigenvalue weighted by molar-refractivity contribution is 0.639. The summed E-state index contributed by atoms with van der Waals surface area (Å²) < 4.78 is 15.4. The van der Waals surface area contributed by atoms with Crippen LogP contribution in [0.4, 0.5) is 4.39 Å². The van der Waals surface area contributed by atoms with Crippen LogP contribution in [0.1, 0.15) is 5.56 Å². The Balaban J connectivity index is 2.88. The number of benzene rings is 1. The fraction of sp³-hybridized carbons (Fsp3) is 0.111. The fourth-order valence-electron chi connectivity index (χ4n) is 1.24. The van der Waals surface area contributed by atoms with E-state index in [4.69, 9.17) is 0 Å². The summed E-state index contributed by atoms with van der Waals surface area (Å²) in [5.74, 6) is -0.120. The van der Waals surface area contributed by atoms with Gasteiger partial charge in [0.25, 0.3) is 0 Å². The summed E-state index contributed by atoms with van der Waals surface area (Å²) in [5.41, 5.74) is 1.19. The van der Waals surface area contributed by atoms with Crippen molar-refractivity contribution in [2.75, 3.05) is 0 Å². The van der Waals surface area contributed by atoms with Gasteiger partial charge in [-0.2, -0.15) is 0 Å². The molecule has 0 N–H and O–H groups in total. The highest BCUT2D eigenvalue weighted by molar-refractivity contribution is 14.1. The highest BCUT2D eigenvalue weighted by atomic mass is 127. The van der Waals surface area contributed by atoms with Crippen molar-refractivity contribution < 1.29 is 4.39 Å². The first-order chi connectivity index (χ1) is 6.24. The van der Waals surface area contributed by atoms with Crippen molar-refractivity contribution in [1.29, 1.82) is 0 Å². The topological polar surface area (TPSA) is 0 Å². The van der Waals surface area contributed by atoms with E-state index in [1.54, 1.807) is 17.4 Å². The Morgan fingerprint density at radius 3 is 3.00 bits per heavy atom. The van der Waals surface area contributed by atoms with Gasteiger partial charge in [0.2, 0.25) is 0 Å². The van der Waals surface area contributed by atoms with Crippen molar-refractivity contribution in [3.8, 4) is 0 Å². The molecule has 0 amide bonds. The Morgan fingerprint density at radius 1 is 1.54 bits per heavy atom. The van der Waals surface area contributed by atoms with E-state index in [1.807, 2.05) is 11.4 Å². The lowest BCUT2D eigenvalue weighted by Crippen LogP contribution is -1.87. The normalized spacial score (nSPS) is 11.0. The molecule has 0 saturated heterocycles. The molecule has 0 spiro atoms. The fourth-order valence-corrected chi connectivity index (χ4v) is 4.41. The number of hydrogen-bond donors (Lipinski definition) is 0. The Bertz CT molecular complexity index is 452. The van der Waals surface area contributed by atoms with Crippen molar-refractivity contribution in [1.82, 2.24) is 0 Å². The van der Waals surface area contributed by atoms with Crippen molar-refractivity contribution in [3.63, 3.8) is 0 Å². The van der Waals surface area contributed by atoms with Crippen LogP contribution in [-0.4, -0.2) is 0 Å². The Kier molecular flexibility index (Phi) is 2.90. The van der Waals surface area contributed by atoms with Gasteiger partial charge in [0.1, 0.15) is 5.82 Å². The van der Waals surface area contributed by atoms with E-state index in [0.717, 1.165) is 19.0 Å². The lowest BCUT2D eigenvalue weighted by Gasteiger charge is -2.02. The maximum absolute atomic E-state index is 13.4. The van der Waals surface area contributed by atoms with Gasteiger partial charge in [0.05, 0.1) is 0 Å². The number of thiophene rings is 1. The first kappa shape index (κ1) is 9.86. The molecule has 1 aromatic carbocycles. The highest BCUT2D eigenvalue weighted by Crippen LogP contribution is 2.32. The van der Waals surface area contributed by atoms with Crippen LogP contribution in [0.25, 0.3) is 10.1 Å². The third-order valence-corrected chi connectivity index (χ3v) is 4.37. The van der Waals surface area contributed by atoms with Crippen LogP contribution >= 0.6 is 49.9 Å². The van der Waals surface area contributed by atoms with Crippen LogP contribution in [0.3, 0.4) is 0 Å². The first-order valence-corrected chi connectivity index (χ1v) is 6.72. The summed E-state index contributed by atoms with van der Waals surface area (Å²) in [6, 6.07) is 3.42. The van der Waals surface area contributed by atoms with Crippen LogP contribution in [0.15, 0.2) is 17.5 Å². The molecule has 0 nitrogen and oxygen atoms in total. The zero-order valence-electron chi connectivity index (χ0n) is 6.48. The minimum absolute atomic E-state index is 0.120. The maximum atomic E-state index is 13.4. The number of fused-ring (bicyclic) bond motifs is 1. The number of halogens is 3. The van der Waals surface area contributed by atoms with Gasteiger partial charge < -0.3 is 0 Å². The van der Waals surface area contributed by atoms with E-state index in [9.17, 15) is 4.39 Å². The van der Waals surface area contributed by atoms with Gasteiger partial charge in [-0.05, 0) is 45.7 Å². The maximum Gasteiger partial charge on any atom is 0.132 e. The average Bonchev–Trinajstić information content (AvgIpc) is 2.53.